The molecule has 0 spiro atoms. The average Bonchev–Trinajstić information content (AvgIpc) is 1.38. The van der Waals surface area contributed by atoms with Crippen molar-refractivity contribution in [1.82, 2.24) is 0 Å². The highest BCUT2D eigenvalue weighted by molar-refractivity contribution is 6.31. The maximum absolute atomic E-state index is 8.96. The van der Waals surface area contributed by atoms with E-state index in [4.69, 9.17) is 9.90 Å². The van der Waals surface area contributed by atoms with Gasteiger partial charge in [0, 0.05) is 0 Å². The topological polar surface area (TPSA) is 37.3 Å². The normalized spacial score (nSPS) is 5.80. The summed E-state index contributed by atoms with van der Waals surface area (Å²) in [5.74, 6) is 1.02. The zero-order chi connectivity index (χ0) is 4.28. The van der Waals surface area contributed by atoms with Crippen LogP contribution in [-0.4, -0.2) is 11.0 Å². The molecule has 0 aliphatic heterocycles. The number of hydrogen-bond acceptors (Lipinski definition) is 2. The van der Waals surface area contributed by atoms with Gasteiger partial charge in [0.25, 0.3) is 5.22 Å². The van der Waals surface area contributed by atoms with Crippen LogP contribution in [-0.2, 0) is 4.79 Å². The van der Waals surface area contributed by atoms with Crippen LogP contribution in [0.3, 0.4) is 0 Å². The smallest absolute Gasteiger partial charge is 0.271 e. The van der Waals surface area contributed by atoms with Crippen molar-refractivity contribution in [2.75, 3.05) is 0 Å². The number of aliphatic hydroxyl groups excluding tert-OH is 1. The Morgan fingerprint density at radius 1 is 2.00 bits per heavy atom. The molecule has 0 saturated carbocycles. The largest absolute Gasteiger partial charge is 0.491 e. The van der Waals surface area contributed by atoms with E-state index in [1.807, 2.05) is 0 Å². The third kappa shape index (κ3) is 3.54. The summed E-state index contributed by atoms with van der Waals surface area (Å²) in [6.45, 7) is 0. The summed E-state index contributed by atoms with van der Waals surface area (Å²) in [7, 11) is 0. The highest BCUT2D eigenvalue weighted by Gasteiger charge is 1.70. The van der Waals surface area contributed by atoms with Gasteiger partial charge in [0.05, 0.1) is 0 Å². The van der Waals surface area contributed by atoms with Crippen molar-refractivity contribution < 1.29 is 9.90 Å². The molecular formula is C2HClO2. The van der Waals surface area contributed by atoms with Crippen LogP contribution >= 0.6 is 11.6 Å². The molecule has 0 amide bonds. The van der Waals surface area contributed by atoms with Gasteiger partial charge in [-0.05, 0) is 11.6 Å². The molecule has 28 valence electrons. The first-order chi connectivity index (χ1) is 2.27. The Hall–Kier alpha value is -0.460. The maximum atomic E-state index is 8.96. The Bertz CT molecular complexity index is 67.7. The minimum absolute atomic E-state index is 0.829. The Kier molecular flexibility index (Phi) is 1.65. The molecule has 0 aliphatic rings. The zero-order valence-electron chi connectivity index (χ0n) is 2.23. The highest BCUT2D eigenvalue weighted by atomic mass is 35.5. The molecule has 1 N–H and O–H groups in total. The Balaban J connectivity index is 3.60. The molecule has 0 radical (unpaired) electrons. The predicted octanol–water partition coefficient (Wildman–Crippen LogP) is 0.456. The molecule has 0 aromatic carbocycles. The molecule has 0 unspecified atom stereocenters. The van der Waals surface area contributed by atoms with E-state index < -0.39 is 5.22 Å². The van der Waals surface area contributed by atoms with E-state index in [0.717, 1.165) is 5.94 Å². The van der Waals surface area contributed by atoms with Gasteiger partial charge in [0.15, 0.2) is 5.94 Å². The maximum Gasteiger partial charge on any atom is 0.271 e. The van der Waals surface area contributed by atoms with E-state index in [1.54, 1.807) is 0 Å². The Morgan fingerprint density at radius 2 is 2.20 bits per heavy atom. The number of aliphatic hydroxyl groups is 1. The monoisotopic (exact) mass is 92.0 g/mol. The first-order valence-corrected chi connectivity index (χ1v) is 1.24. The molecule has 0 atom stereocenters. The molecule has 0 bridgehead atoms. The van der Waals surface area contributed by atoms with E-state index in [0.29, 0.717) is 0 Å². The molecule has 0 aliphatic carbocycles. The van der Waals surface area contributed by atoms with Gasteiger partial charge in [-0.3, -0.25) is 0 Å². The summed E-state index contributed by atoms with van der Waals surface area (Å²) in [6, 6.07) is 0. The fourth-order valence-corrected chi connectivity index (χ4v) is 0. The summed E-state index contributed by atoms with van der Waals surface area (Å²) in [4.78, 5) is 8.96. The third-order valence-electron chi connectivity index (χ3n) is 0.0842. The standard InChI is InChI=1S/C2HClO2/c3-2(5)1-4/h5H. The molecule has 2 nitrogen and oxygen atoms in total. The van der Waals surface area contributed by atoms with Gasteiger partial charge in [0.1, 0.15) is 0 Å². The minimum atomic E-state index is -0.829. The second-order valence-corrected chi connectivity index (χ2v) is 0.751. The lowest BCUT2D eigenvalue weighted by molar-refractivity contribution is 0.450. The lowest BCUT2D eigenvalue weighted by Crippen LogP contribution is -1.58. The lowest BCUT2D eigenvalue weighted by atomic mass is 11.1. The van der Waals surface area contributed by atoms with E-state index in [2.05, 4.69) is 11.6 Å². The van der Waals surface area contributed by atoms with Gasteiger partial charge in [-0.15, -0.1) is 0 Å². The molecule has 0 rings (SSSR count). The fraction of sp³-hybridized carbons (Fsp3) is 0. The van der Waals surface area contributed by atoms with Crippen molar-refractivity contribution in [2.45, 2.75) is 0 Å². The van der Waals surface area contributed by atoms with E-state index in [-0.39, 0.29) is 0 Å². The van der Waals surface area contributed by atoms with Gasteiger partial charge in [0.2, 0.25) is 0 Å². The van der Waals surface area contributed by atoms with Crippen molar-refractivity contribution >= 4 is 17.5 Å². The quantitative estimate of drug-likeness (QED) is 0.348. The van der Waals surface area contributed by atoms with Crippen LogP contribution in [0, 0.1) is 0 Å². The van der Waals surface area contributed by atoms with Crippen LogP contribution in [0.2, 0.25) is 0 Å². The van der Waals surface area contributed by atoms with Crippen molar-refractivity contribution in [2.24, 2.45) is 0 Å². The zero-order valence-corrected chi connectivity index (χ0v) is 2.99. The summed E-state index contributed by atoms with van der Waals surface area (Å²) in [5.41, 5.74) is 0. The number of hydrogen-bond donors (Lipinski definition) is 1. The molecule has 5 heavy (non-hydrogen) atoms. The Labute approximate surface area is 33.7 Å². The van der Waals surface area contributed by atoms with Crippen LogP contribution in [0.4, 0.5) is 0 Å². The van der Waals surface area contributed by atoms with Crippen molar-refractivity contribution in [3.05, 3.63) is 5.22 Å². The highest BCUT2D eigenvalue weighted by Crippen LogP contribution is 1.81. The lowest BCUT2D eigenvalue weighted by Gasteiger charge is -1.61. The van der Waals surface area contributed by atoms with Crippen LogP contribution in [0.1, 0.15) is 0 Å². The average molecular weight is 92.5 g/mol. The summed E-state index contributed by atoms with van der Waals surface area (Å²) in [5, 5.41) is 6.79. The molecule has 3 heteroatoms. The minimum Gasteiger partial charge on any atom is -0.491 e. The van der Waals surface area contributed by atoms with Crippen LogP contribution < -0.4 is 0 Å². The predicted molar refractivity (Wildman–Crippen MR) is 17.7 cm³/mol. The third-order valence-corrected chi connectivity index (χ3v) is 0.161. The second-order valence-electron chi connectivity index (χ2n) is 0.393. The van der Waals surface area contributed by atoms with Gasteiger partial charge in [-0.1, -0.05) is 0 Å². The van der Waals surface area contributed by atoms with Crippen LogP contribution in [0.5, 0.6) is 0 Å². The van der Waals surface area contributed by atoms with Crippen molar-refractivity contribution in [1.29, 1.82) is 0 Å². The van der Waals surface area contributed by atoms with Crippen LogP contribution in [0.25, 0.3) is 0 Å². The second kappa shape index (κ2) is 1.82. The first kappa shape index (κ1) is 4.54. The SMILES string of the molecule is O=C=C(O)Cl. The molecule has 0 aromatic rings. The molecular weight excluding hydrogens is 91.5 g/mol. The summed E-state index contributed by atoms with van der Waals surface area (Å²) in [6.07, 6.45) is 0. The molecule has 0 saturated heterocycles. The van der Waals surface area contributed by atoms with E-state index in [1.165, 1.54) is 0 Å². The number of rotatable bonds is 0. The van der Waals surface area contributed by atoms with Gasteiger partial charge in [-0.2, -0.15) is 0 Å². The van der Waals surface area contributed by atoms with E-state index in [9.17, 15) is 0 Å². The summed E-state index contributed by atoms with van der Waals surface area (Å²) < 4.78 is 0. The van der Waals surface area contributed by atoms with Crippen molar-refractivity contribution in [3.63, 3.8) is 0 Å². The van der Waals surface area contributed by atoms with Gasteiger partial charge in [-0.25, -0.2) is 4.79 Å². The summed E-state index contributed by atoms with van der Waals surface area (Å²) >= 11 is 4.51. The number of carbonyl (C=O) groups excluding carboxylic acids is 1. The van der Waals surface area contributed by atoms with Gasteiger partial charge < -0.3 is 5.11 Å². The first-order valence-electron chi connectivity index (χ1n) is 0.867. The molecule has 0 heterocycles. The molecule has 0 fully saturated rings. The Morgan fingerprint density at radius 3 is 2.20 bits per heavy atom. The molecule has 0 aromatic heterocycles. The van der Waals surface area contributed by atoms with Crippen molar-refractivity contribution in [3.8, 4) is 0 Å². The van der Waals surface area contributed by atoms with Crippen LogP contribution in [0.15, 0.2) is 5.22 Å². The fourth-order valence-electron chi connectivity index (χ4n) is 0. The van der Waals surface area contributed by atoms with E-state index >= 15 is 0 Å². The van der Waals surface area contributed by atoms with Gasteiger partial charge >= 0.3 is 0 Å². The number of halogens is 1.